The number of aromatic nitrogens is 3. The molecule has 174 valence electrons. The second kappa shape index (κ2) is 7.39. The molecule has 4 aliphatic heterocycles. The molecular formula is C22H25F2N7O2. The number of nitrogens with zero attached hydrogens (tertiary/aromatic N) is 6. The number of carbonyl (C=O) groups is 1. The van der Waals surface area contributed by atoms with Crippen LogP contribution in [0.3, 0.4) is 0 Å². The van der Waals surface area contributed by atoms with E-state index in [1.807, 2.05) is 11.0 Å². The van der Waals surface area contributed by atoms with Gasteiger partial charge in [0.05, 0.1) is 17.8 Å². The van der Waals surface area contributed by atoms with Crippen LogP contribution in [-0.2, 0) is 4.79 Å². The van der Waals surface area contributed by atoms with Crippen molar-refractivity contribution in [3.63, 3.8) is 0 Å². The fourth-order valence-electron chi connectivity index (χ4n) is 5.74. The number of likely N-dealkylation sites (tertiary alicyclic amines) is 1. The van der Waals surface area contributed by atoms with E-state index in [1.165, 1.54) is 12.3 Å². The lowest BCUT2D eigenvalue weighted by atomic mass is 9.86. The van der Waals surface area contributed by atoms with Crippen LogP contribution in [0.1, 0.15) is 26.2 Å². The van der Waals surface area contributed by atoms with Crippen molar-refractivity contribution in [2.24, 2.45) is 5.92 Å². The summed E-state index contributed by atoms with van der Waals surface area (Å²) in [6.07, 6.45) is 4.74. The molecule has 2 N–H and O–H groups in total. The first-order valence-corrected chi connectivity index (χ1v) is 11.3. The topological polar surface area (TPSA) is 101 Å². The molecule has 2 aromatic rings. The van der Waals surface area contributed by atoms with Crippen molar-refractivity contribution in [1.29, 1.82) is 0 Å². The Hall–Kier alpha value is -3.24. The Kier molecular flexibility index (Phi) is 4.56. The molecule has 11 heteroatoms. The molecule has 1 unspecified atom stereocenters. The maximum Gasteiger partial charge on any atom is 0.387 e. The van der Waals surface area contributed by atoms with Gasteiger partial charge in [0.15, 0.2) is 11.6 Å². The number of halogens is 2. The minimum Gasteiger partial charge on any atom is -0.431 e. The zero-order valence-corrected chi connectivity index (χ0v) is 18.2. The first kappa shape index (κ1) is 20.4. The van der Waals surface area contributed by atoms with Crippen LogP contribution in [0.5, 0.6) is 5.75 Å². The first-order chi connectivity index (χ1) is 15.9. The molecular weight excluding hydrogens is 432 g/mol. The van der Waals surface area contributed by atoms with Gasteiger partial charge in [0.2, 0.25) is 11.9 Å². The molecule has 0 radical (unpaired) electrons. The van der Waals surface area contributed by atoms with E-state index in [9.17, 15) is 13.6 Å². The molecule has 0 spiro atoms. The second-order valence-corrected chi connectivity index (χ2v) is 9.41. The Morgan fingerprint density at radius 1 is 1.09 bits per heavy atom. The summed E-state index contributed by atoms with van der Waals surface area (Å²) in [5.74, 6) is 1.93. The molecule has 0 aromatic carbocycles. The summed E-state index contributed by atoms with van der Waals surface area (Å²) in [4.78, 5) is 32.1. The summed E-state index contributed by atoms with van der Waals surface area (Å²) >= 11 is 0. The van der Waals surface area contributed by atoms with Crippen LogP contribution in [0.4, 0.5) is 26.4 Å². The van der Waals surface area contributed by atoms with Gasteiger partial charge in [0, 0.05) is 50.4 Å². The zero-order chi connectivity index (χ0) is 22.9. The van der Waals surface area contributed by atoms with Crippen LogP contribution in [0.15, 0.2) is 18.3 Å². The quantitative estimate of drug-likeness (QED) is 0.729. The predicted molar refractivity (Wildman–Crippen MR) is 117 cm³/mol. The van der Waals surface area contributed by atoms with Crippen molar-refractivity contribution in [1.82, 2.24) is 19.9 Å². The molecule has 1 amide bonds. The number of hydrogen-bond donors (Lipinski definition) is 1. The Labute approximate surface area is 189 Å². The van der Waals surface area contributed by atoms with Gasteiger partial charge in [-0.15, -0.1) is 0 Å². The highest BCUT2D eigenvalue weighted by molar-refractivity contribution is 5.75. The zero-order valence-electron chi connectivity index (χ0n) is 18.2. The van der Waals surface area contributed by atoms with Gasteiger partial charge in [-0.25, -0.2) is 9.97 Å². The third-order valence-electron chi connectivity index (χ3n) is 7.40. The van der Waals surface area contributed by atoms with Crippen LogP contribution >= 0.6 is 0 Å². The smallest absolute Gasteiger partial charge is 0.387 e. The maximum atomic E-state index is 12.8. The van der Waals surface area contributed by atoms with Gasteiger partial charge in [-0.3, -0.25) is 4.79 Å². The SMILES string of the molecule is CC(=O)N1C[C@@H]2CC1CN2c1cc(-c2cnc(N)c(OC(F)F)c2)nc(N2CC3CC2C3)n1. The van der Waals surface area contributed by atoms with Gasteiger partial charge in [-0.2, -0.15) is 13.8 Å². The number of carbonyl (C=O) groups excluding carboxylic acids is 1. The van der Waals surface area contributed by atoms with Crippen LogP contribution in [0.2, 0.25) is 0 Å². The second-order valence-electron chi connectivity index (χ2n) is 9.41. The minimum atomic E-state index is -3.00. The van der Waals surface area contributed by atoms with Crippen molar-refractivity contribution >= 4 is 23.5 Å². The number of anilines is 3. The monoisotopic (exact) mass is 457 g/mol. The van der Waals surface area contributed by atoms with Crippen molar-refractivity contribution in [3.8, 4) is 17.0 Å². The number of nitrogens with two attached hydrogens (primary N) is 1. The van der Waals surface area contributed by atoms with Crippen molar-refractivity contribution in [2.75, 3.05) is 35.2 Å². The van der Waals surface area contributed by atoms with E-state index in [-0.39, 0.29) is 29.6 Å². The maximum absolute atomic E-state index is 12.8. The number of hydrogen-bond acceptors (Lipinski definition) is 8. The van der Waals surface area contributed by atoms with Gasteiger partial charge in [-0.05, 0) is 31.2 Å². The van der Waals surface area contributed by atoms with Gasteiger partial charge in [-0.1, -0.05) is 0 Å². The highest BCUT2D eigenvalue weighted by Crippen LogP contribution is 2.43. The fraction of sp³-hybridized carbons (Fsp3) is 0.545. The van der Waals surface area contributed by atoms with E-state index in [4.69, 9.17) is 15.7 Å². The fourth-order valence-corrected chi connectivity index (χ4v) is 5.74. The van der Waals surface area contributed by atoms with E-state index in [2.05, 4.69) is 19.5 Å². The summed E-state index contributed by atoms with van der Waals surface area (Å²) in [5, 5.41) is 0. The number of rotatable bonds is 5. The number of nitrogen functional groups attached to an aromatic ring is 1. The molecule has 2 aromatic heterocycles. The largest absolute Gasteiger partial charge is 0.431 e. The highest BCUT2D eigenvalue weighted by atomic mass is 19.3. The van der Waals surface area contributed by atoms with E-state index in [0.717, 1.165) is 31.6 Å². The molecule has 4 saturated heterocycles. The van der Waals surface area contributed by atoms with Gasteiger partial charge in [0.1, 0.15) is 5.82 Å². The third kappa shape index (κ3) is 3.41. The van der Waals surface area contributed by atoms with Crippen LogP contribution in [0, 0.1) is 5.92 Å². The third-order valence-corrected chi connectivity index (χ3v) is 7.40. The minimum absolute atomic E-state index is 0.0996. The van der Waals surface area contributed by atoms with Crippen LogP contribution < -0.4 is 20.3 Å². The van der Waals surface area contributed by atoms with E-state index >= 15 is 0 Å². The van der Waals surface area contributed by atoms with Gasteiger partial charge >= 0.3 is 6.61 Å². The Morgan fingerprint density at radius 3 is 2.55 bits per heavy atom. The molecule has 5 aliphatic rings. The average Bonchev–Trinajstić information content (AvgIpc) is 3.53. The molecule has 1 aliphatic carbocycles. The van der Waals surface area contributed by atoms with E-state index in [0.29, 0.717) is 42.3 Å². The van der Waals surface area contributed by atoms with Crippen molar-refractivity contribution < 1.29 is 18.3 Å². The molecule has 1 saturated carbocycles. The number of piperazine rings is 1. The predicted octanol–water partition coefficient (Wildman–Crippen LogP) is 2.13. The normalized spacial score (nSPS) is 27.5. The molecule has 2 atom stereocenters. The van der Waals surface area contributed by atoms with Crippen molar-refractivity contribution in [2.45, 2.75) is 50.9 Å². The molecule has 4 bridgehead atoms. The Balaban J connectivity index is 1.38. The highest BCUT2D eigenvalue weighted by Gasteiger charge is 2.46. The Morgan fingerprint density at radius 2 is 1.91 bits per heavy atom. The lowest BCUT2D eigenvalue weighted by Crippen LogP contribution is -2.48. The van der Waals surface area contributed by atoms with Crippen molar-refractivity contribution in [3.05, 3.63) is 18.3 Å². The summed E-state index contributed by atoms with van der Waals surface area (Å²) in [6, 6.07) is 4.13. The lowest BCUT2D eigenvalue weighted by molar-refractivity contribution is -0.129. The summed E-state index contributed by atoms with van der Waals surface area (Å²) in [6.45, 7) is 0.933. The Bertz CT molecular complexity index is 1110. The molecule has 9 nitrogen and oxygen atoms in total. The number of alkyl halides is 2. The molecule has 7 rings (SSSR count). The first-order valence-electron chi connectivity index (χ1n) is 11.3. The van der Waals surface area contributed by atoms with Crippen LogP contribution in [0.25, 0.3) is 11.3 Å². The lowest BCUT2D eigenvalue weighted by Gasteiger charge is -2.35. The summed E-state index contributed by atoms with van der Waals surface area (Å²) in [5.41, 5.74) is 6.84. The molecule has 6 heterocycles. The van der Waals surface area contributed by atoms with E-state index in [1.54, 1.807) is 6.92 Å². The number of fused-ring (bicyclic) bond motifs is 3. The standard InChI is InChI=1S/C22H25F2N7O2/c1-11(32)29-9-16-5-15(29)10-30(16)19-6-17(13-4-18(33-21(23)24)20(25)26-7-13)27-22(28-19)31-8-12-2-14(31)3-12/h4,6-7,12,14-16,21H,2-3,5,8-10H2,1H3,(H2,25,26)/t12?,14?,15?,16-/m0/s1. The van der Waals surface area contributed by atoms with Crippen LogP contribution in [-0.4, -0.2) is 70.1 Å². The summed E-state index contributed by atoms with van der Waals surface area (Å²) < 4.78 is 30.2. The number of pyridine rings is 1. The molecule has 33 heavy (non-hydrogen) atoms. The van der Waals surface area contributed by atoms with Gasteiger partial charge in [0.25, 0.3) is 0 Å². The summed E-state index contributed by atoms with van der Waals surface area (Å²) in [7, 11) is 0. The number of ether oxygens (including phenoxy) is 1. The van der Waals surface area contributed by atoms with E-state index < -0.39 is 6.61 Å². The number of amides is 1. The molecule has 5 fully saturated rings. The van der Waals surface area contributed by atoms with Gasteiger partial charge < -0.3 is 25.2 Å². The average molecular weight is 457 g/mol.